The van der Waals surface area contributed by atoms with Crippen LogP contribution in [0.3, 0.4) is 0 Å². The predicted molar refractivity (Wildman–Crippen MR) is 27.9 cm³/mol. The Morgan fingerprint density at radius 2 is 1.00 bits per heavy atom. The molecule has 12 heteroatoms. The second-order valence-electron chi connectivity index (χ2n) is 0.820. The number of rotatable bonds is 0. The Bertz CT molecular complexity index is 216. The number of halogens is 1. The van der Waals surface area contributed by atoms with Crippen LogP contribution in [-0.2, 0) is 19.7 Å². The molecule has 0 aromatic rings. The molecule has 0 saturated heterocycles. The van der Waals surface area contributed by atoms with Gasteiger partial charge in [0.25, 0.3) is 0 Å². The van der Waals surface area contributed by atoms with Gasteiger partial charge in [0.2, 0.25) is 0 Å². The molecule has 1 N–H and O–H groups in total. The van der Waals surface area contributed by atoms with Gasteiger partial charge in [-0.1, -0.05) is 0 Å². The molecule has 0 aliphatic rings. The molecule has 64 valence electrons. The summed E-state index contributed by atoms with van der Waals surface area (Å²) in [6.45, 7) is 0. The Kier molecular flexibility index (Phi) is 19.0. The fourth-order valence-electron chi connectivity index (χ4n) is 0. The fourth-order valence-corrected chi connectivity index (χ4v) is 0. The molecule has 0 aromatic carbocycles. The fraction of sp³-hybridized carbons (Fsp3) is 0. The molecule has 0 bridgehead atoms. The van der Waals surface area contributed by atoms with Crippen molar-refractivity contribution >= 4 is 30.4 Å². The molecule has 0 radical (unpaired) electrons. The van der Waals surface area contributed by atoms with Crippen molar-refractivity contribution in [2.24, 2.45) is 0 Å². The van der Waals surface area contributed by atoms with Crippen LogP contribution in [0.4, 0.5) is 0 Å². The first-order valence-corrected chi connectivity index (χ1v) is 4.94. The van der Waals surface area contributed by atoms with E-state index >= 15 is 0 Å². The summed E-state index contributed by atoms with van der Waals surface area (Å²) in [5.41, 5.74) is 0. The summed E-state index contributed by atoms with van der Waals surface area (Å²) >= 11 is 0. The molecular formula is HClNa2O7S2. The van der Waals surface area contributed by atoms with Gasteiger partial charge in [-0.15, -0.1) is 0 Å². The van der Waals surface area contributed by atoms with Crippen LogP contribution in [0.25, 0.3) is 0 Å². The maximum atomic E-state index is 8.95. The summed E-state index contributed by atoms with van der Waals surface area (Å²) in [7, 11) is -5.30. The van der Waals surface area contributed by atoms with Gasteiger partial charge < -0.3 is 9.11 Å². The quantitative estimate of drug-likeness (QED) is 0.197. The minimum absolute atomic E-state index is 0. The third-order valence-corrected chi connectivity index (χ3v) is 0. The molecular weight excluding hydrogens is 258 g/mol. The zero-order valence-corrected chi connectivity index (χ0v) is 12.5. The van der Waals surface area contributed by atoms with Gasteiger partial charge >= 0.3 is 68.4 Å². The summed E-state index contributed by atoms with van der Waals surface area (Å²) < 4.78 is 59.2. The average molecular weight is 259 g/mol. The average Bonchev–Trinajstić information content (AvgIpc) is 1.12. The van der Waals surface area contributed by atoms with Crippen LogP contribution < -0.4 is 59.1 Å². The minimum atomic E-state index is -5.17. The summed E-state index contributed by atoms with van der Waals surface area (Å²) in [6.07, 6.45) is 0. The van der Waals surface area contributed by atoms with E-state index < -0.39 is 19.7 Å². The summed E-state index contributed by atoms with van der Waals surface area (Å²) in [5.74, 6) is 0. The van der Waals surface area contributed by atoms with Crippen LogP contribution in [0.2, 0.25) is 0 Å². The van der Waals surface area contributed by atoms with E-state index in [1.165, 1.54) is 0 Å². The molecule has 7 nitrogen and oxygen atoms in total. The summed E-state index contributed by atoms with van der Waals surface area (Å²) in [5, 5.41) is 0. The van der Waals surface area contributed by atoms with E-state index in [1.54, 1.807) is 0 Å². The van der Waals surface area contributed by atoms with Crippen molar-refractivity contribution in [3.63, 3.8) is 0 Å². The van der Waals surface area contributed by atoms with Gasteiger partial charge in [-0.05, 0) is 0 Å². The largest absolute Gasteiger partial charge is 1.00 e. The van der Waals surface area contributed by atoms with Gasteiger partial charge in [-0.25, -0.2) is 0 Å². The van der Waals surface area contributed by atoms with Gasteiger partial charge in [0, 0.05) is 21.1 Å². The normalized spacial score (nSPS) is 9.67. The van der Waals surface area contributed by atoms with Crippen molar-refractivity contribution in [1.82, 2.24) is 0 Å². The van der Waals surface area contributed by atoms with Crippen LogP contribution in [0.5, 0.6) is 0 Å². The van der Waals surface area contributed by atoms with Gasteiger partial charge in [0.05, 0.1) is 0 Å². The molecule has 0 aliphatic heterocycles. The molecule has 0 rings (SSSR count). The molecule has 0 spiro atoms. The van der Waals surface area contributed by atoms with Gasteiger partial charge in [-0.2, -0.15) is 8.42 Å². The first-order valence-electron chi connectivity index (χ1n) is 1.34. The SMILES string of the molecule is O=S(=O)(O)Cl.O=S(=O)([O-])[O-].[Na+].[Na+]. The molecule has 0 amide bonds. The zero-order chi connectivity index (χ0) is 9.00. The second-order valence-corrected chi connectivity index (χ2v) is 3.63. The summed E-state index contributed by atoms with van der Waals surface area (Å²) in [4.78, 5) is 0. The first-order chi connectivity index (χ1) is 4.00. The molecule has 0 aromatic heterocycles. The monoisotopic (exact) mass is 258 g/mol. The van der Waals surface area contributed by atoms with E-state index in [2.05, 4.69) is 10.7 Å². The third kappa shape index (κ3) is 345. The minimum Gasteiger partial charge on any atom is -0.759 e. The number of hydrogen-bond donors (Lipinski definition) is 1. The van der Waals surface area contributed by atoms with Crippen molar-refractivity contribution in [2.45, 2.75) is 0 Å². The van der Waals surface area contributed by atoms with Crippen molar-refractivity contribution < 1.29 is 89.6 Å². The van der Waals surface area contributed by atoms with E-state index in [-0.39, 0.29) is 59.1 Å². The van der Waals surface area contributed by atoms with Crippen LogP contribution in [0, 0.1) is 0 Å². The van der Waals surface area contributed by atoms with Gasteiger partial charge in [0.15, 0.2) is 0 Å². The van der Waals surface area contributed by atoms with Crippen molar-refractivity contribution in [2.75, 3.05) is 0 Å². The van der Waals surface area contributed by atoms with Crippen LogP contribution in [0.15, 0.2) is 0 Å². The molecule has 0 fully saturated rings. The predicted octanol–water partition coefficient (Wildman–Crippen LogP) is -7.30. The van der Waals surface area contributed by atoms with Gasteiger partial charge in [-0.3, -0.25) is 13.0 Å². The maximum Gasteiger partial charge on any atom is 1.00 e. The third-order valence-electron chi connectivity index (χ3n) is 0. The topological polar surface area (TPSA) is 135 Å². The molecule has 12 heavy (non-hydrogen) atoms. The van der Waals surface area contributed by atoms with E-state index in [4.69, 9.17) is 30.5 Å². The van der Waals surface area contributed by atoms with Gasteiger partial charge in [0.1, 0.15) is 0 Å². The maximum absolute atomic E-state index is 8.95. The van der Waals surface area contributed by atoms with Crippen LogP contribution >= 0.6 is 10.7 Å². The van der Waals surface area contributed by atoms with Crippen LogP contribution in [0.1, 0.15) is 0 Å². The Balaban J connectivity index is -0.0000000457. The molecule has 0 atom stereocenters. The molecule has 0 heterocycles. The molecule has 0 unspecified atom stereocenters. The van der Waals surface area contributed by atoms with Crippen molar-refractivity contribution in [1.29, 1.82) is 0 Å². The summed E-state index contributed by atoms with van der Waals surface area (Å²) in [6, 6.07) is 0. The van der Waals surface area contributed by atoms with E-state index in [0.29, 0.717) is 0 Å². The van der Waals surface area contributed by atoms with Crippen molar-refractivity contribution in [3.05, 3.63) is 0 Å². The van der Waals surface area contributed by atoms with Crippen LogP contribution in [-0.4, -0.2) is 30.5 Å². The number of hydrogen-bond acceptors (Lipinski definition) is 6. The second kappa shape index (κ2) is 9.62. The Hall–Kier alpha value is 2.07. The van der Waals surface area contributed by atoms with Crippen molar-refractivity contribution in [3.8, 4) is 0 Å². The Morgan fingerprint density at radius 3 is 1.00 bits per heavy atom. The molecule has 0 aliphatic carbocycles. The Labute approximate surface area is 118 Å². The zero-order valence-electron chi connectivity index (χ0n) is 6.09. The standard InChI is InChI=1S/ClHO3S.2Na.H2O4S/c1-5(2,3)4;;;1-5(2,3)4/h(H,2,3,4);;;(H2,1,2,3,4)/q;2*+1;/p-2. The Morgan fingerprint density at radius 1 is 1.00 bits per heavy atom. The van der Waals surface area contributed by atoms with E-state index in [1.807, 2.05) is 0 Å². The van der Waals surface area contributed by atoms with E-state index in [9.17, 15) is 0 Å². The van der Waals surface area contributed by atoms with E-state index in [0.717, 1.165) is 0 Å². The smallest absolute Gasteiger partial charge is 0.759 e. The molecule has 0 saturated carbocycles. The first kappa shape index (κ1) is 23.7.